The molecule has 0 radical (unpaired) electrons. The fourth-order valence-corrected chi connectivity index (χ4v) is 4.26. The Morgan fingerprint density at radius 2 is 1.93 bits per heavy atom. The Morgan fingerprint density at radius 1 is 1.17 bits per heavy atom. The van der Waals surface area contributed by atoms with Crippen LogP contribution in [0.25, 0.3) is 10.9 Å². The highest BCUT2D eigenvalue weighted by Gasteiger charge is 2.28. The normalized spacial score (nSPS) is 14.3. The van der Waals surface area contributed by atoms with E-state index in [0.717, 1.165) is 35.8 Å². The largest absolute Gasteiger partial charge is 0.331 e. The highest BCUT2D eigenvalue weighted by molar-refractivity contribution is 5.97. The molecule has 30 heavy (non-hydrogen) atoms. The smallest absolute Gasteiger partial charge is 0.328 e. The minimum atomic E-state index is -0.494. The number of hydrogen-bond donors (Lipinski definition) is 1. The van der Waals surface area contributed by atoms with E-state index in [2.05, 4.69) is 4.98 Å². The van der Waals surface area contributed by atoms with Gasteiger partial charge in [-0.3, -0.25) is 14.2 Å². The molecule has 1 aliphatic carbocycles. The van der Waals surface area contributed by atoms with Gasteiger partial charge in [0.1, 0.15) is 5.82 Å². The van der Waals surface area contributed by atoms with Gasteiger partial charge in [0.05, 0.1) is 10.9 Å². The number of nitrogens with zero attached hydrogens (tertiary/aromatic N) is 2. The Hall–Kier alpha value is -3.22. The molecular weight excluding hydrogens is 385 g/mol. The maximum Gasteiger partial charge on any atom is 0.328 e. The van der Waals surface area contributed by atoms with Crippen LogP contribution in [-0.4, -0.2) is 26.4 Å². The Bertz CT molecular complexity index is 1210. The number of fused-ring (bicyclic) bond motifs is 1. The Kier molecular flexibility index (Phi) is 5.53. The zero-order chi connectivity index (χ0) is 21.3. The number of carbonyl (C=O) groups is 1. The Morgan fingerprint density at radius 3 is 2.63 bits per heavy atom. The van der Waals surface area contributed by atoms with Gasteiger partial charge in [0.15, 0.2) is 0 Å². The number of aromatic nitrogens is 2. The van der Waals surface area contributed by atoms with Crippen LogP contribution in [0, 0.1) is 5.82 Å². The average molecular weight is 409 g/mol. The van der Waals surface area contributed by atoms with E-state index in [9.17, 15) is 18.8 Å². The molecule has 0 bridgehead atoms. The van der Waals surface area contributed by atoms with Gasteiger partial charge in [-0.25, -0.2) is 9.18 Å². The molecule has 6 nitrogen and oxygen atoms in total. The summed E-state index contributed by atoms with van der Waals surface area (Å²) in [5.74, 6) is -0.518. The van der Waals surface area contributed by atoms with E-state index < -0.39 is 5.69 Å². The van der Waals surface area contributed by atoms with E-state index in [0.29, 0.717) is 23.0 Å². The summed E-state index contributed by atoms with van der Waals surface area (Å²) in [5.41, 5.74) is 0.609. The van der Waals surface area contributed by atoms with Crippen LogP contribution in [0.2, 0.25) is 0 Å². The first-order chi connectivity index (χ1) is 14.5. The minimum Gasteiger partial charge on any atom is -0.331 e. The van der Waals surface area contributed by atoms with Crippen molar-refractivity contribution in [3.8, 4) is 0 Å². The van der Waals surface area contributed by atoms with Gasteiger partial charge >= 0.3 is 5.69 Å². The predicted molar refractivity (Wildman–Crippen MR) is 113 cm³/mol. The summed E-state index contributed by atoms with van der Waals surface area (Å²) >= 11 is 0. The number of halogens is 1. The number of aromatic amines is 1. The van der Waals surface area contributed by atoms with Gasteiger partial charge in [-0.2, -0.15) is 0 Å². The van der Waals surface area contributed by atoms with Crippen LogP contribution in [0.3, 0.4) is 0 Å². The average Bonchev–Trinajstić information content (AvgIpc) is 3.26. The van der Waals surface area contributed by atoms with E-state index in [-0.39, 0.29) is 29.9 Å². The van der Waals surface area contributed by atoms with Crippen LogP contribution < -0.4 is 11.2 Å². The van der Waals surface area contributed by atoms with E-state index >= 15 is 0 Å². The van der Waals surface area contributed by atoms with E-state index in [1.807, 2.05) is 6.07 Å². The summed E-state index contributed by atoms with van der Waals surface area (Å²) in [6, 6.07) is 11.1. The molecule has 1 amide bonds. The van der Waals surface area contributed by atoms with Gasteiger partial charge in [0.2, 0.25) is 0 Å². The molecule has 1 N–H and O–H groups in total. The molecule has 0 unspecified atom stereocenters. The summed E-state index contributed by atoms with van der Waals surface area (Å²) in [4.78, 5) is 42.5. The minimum absolute atomic E-state index is 0.0867. The second kappa shape index (κ2) is 8.26. The quantitative estimate of drug-likeness (QED) is 0.702. The van der Waals surface area contributed by atoms with Crippen molar-refractivity contribution in [2.24, 2.45) is 0 Å². The molecule has 3 aromatic rings. The number of carbonyl (C=O) groups excluding carboxylic acids is 1. The first-order valence-corrected chi connectivity index (χ1v) is 10.3. The van der Waals surface area contributed by atoms with E-state index in [4.69, 9.17) is 0 Å². The zero-order valence-corrected chi connectivity index (χ0v) is 16.9. The lowest BCUT2D eigenvalue weighted by atomic mass is 10.1. The molecule has 1 heterocycles. The molecule has 1 saturated carbocycles. The maximum absolute atomic E-state index is 13.7. The number of amides is 1. The van der Waals surface area contributed by atoms with E-state index in [1.54, 1.807) is 36.1 Å². The van der Waals surface area contributed by atoms with Gasteiger partial charge in [-0.1, -0.05) is 25.0 Å². The highest BCUT2D eigenvalue weighted by atomic mass is 19.1. The molecule has 4 rings (SSSR count). The fraction of sp³-hybridized carbons (Fsp3) is 0.348. The van der Waals surface area contributed by atoms with Crippen molar-refractivity contribution in [3.05, 3.63) is 80.2 Å². The van der Waals surface area contributed by atoms with Gasteiger partial charge in [0.25, 0.3) is 11.5 Å². The summed E-state index contributed by atoms with van der Waals surface area (Å²) < 4.78 is 14.8. The molecule has 7 heteroatoms. The molecule has 0 aliphatic heterocycles. The van der Waals surface area contributed by atoms with Crippen molar-refractivity contribution in [3.63, 3.8) is 0 Å². The first kappa shape index (κ1) is 20.1. The van der Waals surface area contributed by atoms with Gasteiger partial charge in [-0.05, 0) is 55.7 Å². The SMILES string of the molecule is CCn1c(=O)[nH]c2cc(C(=O)N(Cc3cccc(F)c3)C3CCCC3)ccc2c1=O. The summed E-state index contributed by atoms with van der Waals surface area (Å²) in [6.45, 7) is 2.31. The van der Waals surface area contributed by atoms with Gasteiger partial charge in [-0.15, -0.1) is 0 Å². The molecule has 2 aromatic carbocycles. The molecular formula is C23H24FN3O3. The molecule has 156 valence electrons. The maximum atomic E-state index is 13.7. The monoisotopic (exact) mass is 409 g/mol. The number of benzene rings is 2. The second-order valence-electron chi connectivity index (χ2n) is 7.74. The predicted octanol–water partition coefficient (Wildman–Crippen LogP) is 3.43. The van der Waals surface area contributed by atoms with Crippen LogP contribution >= 0.6 is 0 Å². The van der Waals surface area contributed by atoms with Crippen LogP contribution in [-0.2, 0) is 13.1 Å². The fourth-order valence-electron chi connectivity index (χ4n) is 4.26. The summed E-state index contributed by atoms with van der Waals surface area (Å²) in [6.07, 6.45) is 3.93. The third-order valence-corrected chi connectivity index (χ3v) is 5.81. The molecule has 0 saturated heterocycles. The third-order valence-electron chi connectivity index (χ3n) is 5.81. The zero-order valence-electron chi connectivity index (χ0n) is 16.9. The lowest BCUT2D eigenvalue weighted by Crippen LogP contribution is -2.38. The standard InChI is InChI=1S/C23H24FN3O3/c1-2-26-22(29)19-11-10-16(13-20(19)25-23(26)30)21(28)27(18-8-3-4-9-18)14-15-6-5-7-17(24)12-15/h5-7,10-13,18H,2-4,8-9,14H2,1H3,(H,25,30). The third kappa shape index (κ3) is 3.79. The highest BCUT2D eigenvalue weighted by Crippen LogP contribution is 2.27. The molecule has 0 atom stereocenters. The number of nitrogens with one attached hydrogen (secondary N) is 1. The Balaban J connectivity index is 1.72. The van der Waals surface area contributed by atoms with Crippen LogP contribution in [0.15, 0.2) is 52.1 Å². The van der Waals surface area contributed by atoms with Crippen LogP contribution in [0.1, 0.15) is 48.5 Å². The lowest BCUT2D eigenvalue weighted by Gasteiger charge is -2.29. The molecule has 1 aliphatic rings. The van der Waals surface area contributed by atoms with Gasteiger partial charge in [0, 0.05) is 24.7 Å². The van der Waals surface area contributed by atoms with Crippen molar-refractivity contribution in [2.45, 2.75) is 51.7 Å². The Labute approximate surface area is 173 Å². The molecule has 0 spiro atoms. The number of hydrogen-bond acceptors (Lipinski definition) is 3. The van der Waals surface area contributed by atoms with Crippen molar-refractivity contribution in [1.29, 1.82) is 0 Å². The number of H-pyrrole nitrogens is 1. The van der Waals surface area contributed by atoms with Crippen LogP contribution in [0.4, 0.5) is 4.39 Å². The number of rotatable bonds is 5. The van der Waals surface area contributed by atoms with Crippen molar-refractivity contribution >= 4 is 16.8 Å². The summed E-state index contributed by atoms with van der Waals surface area (Å²) in [5, 5.41) is 0.366. The molecule has 1 fully saturated rings. The van der Waals surface area contributed by atoms with Crippen molar-refractivity contribution in [1.82, 2.24) is 14.5 Å². The van der Waals surface area contributed by atoms with Crippen molar-refractivity contribution < 1.29 is 9.18 Å². The topological polar surface area (TPSA) is 75.2 Å². The van der Waals surface area contributed by atoms with Crippen LogP contribution in [0.5, 0.6) is 0 Å². The lowest BCUT2D eigenvalue weighted by molar-refractivity contribution is 0.0664. The first-order valence-electron chi connectivity index (χ1n) is 10.3. The molecule has 1 aromatic heterocycles. The second-order valence-corrected chi connectivity index (χ2v) is 7.74. The van der Waals surface area contributed by atoms with E-state index in [1.165, 1.54) is 12.1 Å². The van der Waals surface area contributed by atoms with Crippen molar-refractivity contribution in [2.75, 3.05) is 0 Å². The van der Waals surface area contributed by atoms with Gasteiger partial charge < -0.3 is 9.88 Å². The summed E-state index contributed by atoms with van der Waals surface area (Å²) in [7, 11) is 0.